The molecule has 0 aromatic heterocycles. The van der Waals surface area contributed by atoms with Gasteiger partial charge in [-0.25, -0.2) is 4.79 Å². The molecule has 4 heteroatoms. The Labute approximate surface area is 86.2 Å². The molecule has 0 aromatic rings. The molecule has 14 heavy (non-hydrogen) atoms. The SMILES string of the molecule is CN(C(=O)N1CCNCC1)C(C)(C)C. The molecule has 0 saturated carbocycles. The van der Waals surface area contributed by atoms with Crippen molar-refractivity contribution in [2.24, 2.45) is 0 Å². The van der Waals surface area contributed by atoms with E-state index in [4.69, 9.17) is 0 Å². The molecule has 0 radical (unpaired) electrons. The lowest BCUT2D eigenvalue weighted by atomic mass is 10.1. The number of carbonyl (C=O) groups excluding carboxylic acids is 1. The van der Waals surface area contributed by atoms with Crippen LogP contribution < -0.4 is 5.32 Å². The Morgan fingerprint density at radius 3 is 2.21 bits per heavy atom. The summed E-state index contributed by atoms with van der Waals surface area (Å²) in [6.07, 6.45) is 0. The van der Waals surface area contributed by atoms with E-state index in [0.717, 1.165) is 26.2 Å². The molecule has 2 amide bonds. The first kappa shape index (κ1) is 11.3. The molecule has 4 nitrogen and oxygen atoms in total. The van der Waals surface area contributed by atoms with E-state index in [2.05, 4.69) is 5.32 Å². The predicted molar refractivity (Wildman–Crippen MR) is 57.4 cm³/mol. The lowest BCUT2D eigenvalue weighted by molar-refractivity contribution is 0.121. The third-order valence-corrected chi connectivity index (χ3v) is 2.68. The van der Waals surface area contributed by atoms with Crippen molar-refractivity contribution >= 4 is 6.03 Å². The summed E-state index contributed by atoms with van der Waals surface area (Å²) in [5.41, 5.74) is -0.0953. The Bertz CT molecular complexity index is 204. The second kappa shape index (κ2) is 4.17. The van der Waals surface area contributed by atoms with Gasteiger partial charge in [-0.3, -0.25) is 0 Å². The second-order valence-corrected chi connectivity index (χ2v) is 4.75. The minimum atomic E-state index is -0.0953. The maximum Gasteiger partial charge on any atom is 0.320 e. The van der Waals surface area contributed by atoms with Crippen LogP contribution in [0.15, 0.2) is 0 Å². The molecule has 0 aliphatic carbocycles. The zero-order chi connectivity index (χ0) is 10.8. The largest absolute Gasteiger partial charge is 0.323 e. The molecule has 82 valence electrons. The lowest BCUT2D eigenvalue weighted by Gasteiger charge is -2.38. The van der Waals surface area contributed by atoms with Gasteiger partial charge in [0.1, 0.15) is 0 Å². The van der Waals surface area contributed by atoms with Crippen molar-refractivity contribution in [1.82, 2.24) is 15.1 Å². The average molecular weight is 199 g/mol. The van der Waals surface area contributed by atoms with Crippen LogP contribution in [-0.4, -0.2) is 54.6 Å². The van der Waals surface area contributed by atoms with E-state index in [1.54, 1.807) is 4.90 Å². The molecule has 1 rings (SSSR count). The standard InChI is InChI=1S/C10H21N3O/c1-10(2,3)12(4)9(14)13-7-5-11-6-8-13/h11H,5-8H2,1-4H3. The van der Waals surface area contributed by atoms with Gasteiger partial charge in [-0.2, -0.15) is 0 Å². The van der Waals surface area contributed by atoms with E-state index in [0.29, 0.717) is 0 Å². The first-order valence-electron chi connectivity index (χ1n) is 5.16. The van der Waals surface area contributed by atoms with Crippen LogP contribution in [0.25, 0.3) is 0 Å². The number of amides is 2. The van der Waals surface area contributed by atoms with Gasteiger partial charge in [0.25, 0.3) is 0 Å². The van der Waals surface area contributed by atoms with E-state index in [9.17, 15) is 4.79 Å². The van der Waals surface area contributed by atoms with Crippen molar-refractivity contribution in [1.29, 1.82) is 0 Å². The number of urea groups is 1. The molecule has 1 N–H and O–H groups in total. The van der Waals surface area contributed by atoms with Gasteiger partial charge < -0.3 is 15.1 Å². The number of piperazine rings is 1. The van der Waals surface area contributed by atoms with E-state index in [1.165, 1.54) is 0 Å². The number of rotatable bonds is 0. The molecule has 1 saturated heterocycles. The normalized spacial score (nSPS) is 18.1. The van der Waals surface area contributed by atoms with Crippen molar-refractivity contribution < 1.29 is 4.79 Å². The fourth-order valence-electron chi connectivity index (χ4n) is 1.36. The van der Waals surface area contributed by atoms with Crippen molar-refractivity contribution in [2.45, 2.75) is 26.3 Å². The van der Waals surface area contributed by atoms with Crippen LogP contribution in [0.4, 0.5) is 4.79 Å². The highest BCUT2D eigenvalue weighted by atomic mass is 16.2. The predicted octanol–water partition coefficient (Wildman–Crippen LogP) is 0.742. The minimum Gasteiger partial charge on any atom is -0.323 e. The summed E-state index contributed by atoms with van der Waals surface area (Å²) in [7, 11) is 1.87. The van der Waals surface area contributed by atoms with Crippen LogP contribution in [0.1, 0.15) is 20.8 Å². The van der Waals surface area contributed by atoms with Crippen LogP contribution in [0.3, 0.4) is 0 Å². The molecule has 0 unspecified atom stereocenters. The van der Waals surface area contributed by atoms with Crippen LogP contribution in [-0.2, 0) is 0 Å². The Hall–Kier alpha value is -0.770. The van der Waals surface area contributed by atoms with Gasteiger partial charge in [0.2, 0.25) is 0 Å². The summed E-state index contributed by atoms with van der Waals surface area (Å²) in [6, 6.07) is 0.138. The third-order valence-electron chi connectivity index (χ3n) is 2.68. The van der Waals surface area contributed by atoms with Crippen LogP contribution >= 0.6 is 0 Å². The Morgan fingerprint density at radius 2 is 1.79 bits per heavy atom. The zero-order valence-corrected chi connectivity index (χ0v) is 9.63. The molecule has 0 bridgehead atoms. The van der Waals surface area contributed by atoms with E-state index >= 15 is 0 Å². The highest BCUT2D eigenvalue weighted by Crippen LogP contribution is 2.13. The summed E-state index contributed by atoms with van der Waals surface area (Å²) < 4.78 is 0. The number of carbonyl (C=O) groups is 1. The highest BCUT2D eigenvalue weighted by Gasteiger charge is 2.27. The van der Waals surface area contributed by atoms with Gasteiger partial charge in [0, 0.05) is 38.8 Å². The van der Waals surface area contributed by atoms with Crippen molar-refractivity contribution in [2.75, 3.05) is 33.2 Å². The van der Waals surface area contributed by atoms with Crippen LogP contribution in [0, 0.1) is 0 Å². The maximum atomic E-state index is 12.0. The van der Waals surface area contributed by atoms with Crippen molar-refractivity contribution in [3.05, 3.63) is 0 Å². The maximum absolute atomic E-state index is 12.0. The van der Waals surface area contributed by atoms with E-state index < -0.39 is 0 Å². The number of nitrogens with zero attached hydrogens (tertiary/aromatic N) is 2. The fourth-order valence-corrected chi connectivity index (χ4v) is 1.36. The first-order valence-corrected chi connectivity index (χ1v) is 5.16. The summed E-state index contributed by atoms with van der Waals surface area (Å²) in [5, 5.41) is 3.23. The Morgan fingerprint density at radius 1 is 1.29 bits per heavy atom. The first-order chi connectivity index (χ1) is 6.43. The van der Waals surface area contributed by atoms with Crippen molar-refractivity contribution in [3.63, 3.8) is 0 Å². The van der Waals surface area contributed by atoms with Crippen LogP contribution in [0.5, 0.6) is 0 Å². The fraction of sp³-hybridized carbons (Fsp3) is 0.900. The summed E-state index contributed by atoms with van der Waals surface area (Å²) in [6.45, 7) is 9.60. The topological polar surface area (TPSA) is 35.6 Å². The van der Waals surface area contributed by atoms with Gasteiger partial charge in [0.15, 0.2) is 0 Å². The molecule has 1 fully saturated rings. The average Bonchev–Trinajstić information content (AvgIpc) is 2.15. The lowest BCUT2D eigenvalue weighted by Crippen LogP contribution is -2.54. The molecule has 0 spiro atoms. The summed E-state index contributed by atoms with van der Waals surface area (Å²) >= 11 is 0. The molecular formula is C10H21N3O. The monoisotopic (exact) mass is 199 g/mol. The summed E-state index contributed by atoms with van der Waals surface area (Å²) in [4.78, 5) is 15.7. The molecular weight excluding hydrogens is 178 g/mol. The Balaban J connectivity index is 2.55. The summed E-state index contributed by atoms with van der Waals surface area (Å²) in [5.74, 6) is 0. The number of nitrogens with one attached hydrogen (secondary N) is 1. The molecule has 1 aliphatic heterocycles. The second-order valence-electron chi connectivity index (χ2n) is 4.75. The quantitative estimate of drug-likeness (QED) is 0.624. The number of hydrogen-bond acceptors (Lipinski definition) is 2. The molecule has 0 aromatic carbocycles. The minimum absolute atomic E-state index is 0.0953. The van der Waals surface area contributed by atoms with E-state index in [1.807, 2.05) is 32.7 Å². The van der Waals surface area contributed by atoms with Crippen LogP contribution in [0.2, 0.25) is 0 Å². The van der Waals surface area contributed by atoms with Gasteiger partial charge in [-0.1, -0.05) is 0 Å². The smallest absolute Gasteiger partial charge is 0.320 e. The Kier molecular flexibility index (Phi) is 3.37. The van der Waals surface area contributed by atoms with Gasteiger partial charge in [0.05, 0.1) is 0 Å². The number of hydrogen-bond donors (Lipinski definition) is 1. The zero-order valence-electron chi connectivity index (χ0n) is 9.63. The third kappa shape index (κ3) is 2.61. The van der Waals surface area contributed by atoms with Gasteiger partial charge >= 0.3 is 6.03 Å². The molecule has 1 aliphatic rings. The molecule has 0 atom stereocenters. The van der Waals surface area contributed by atoms with Gasteiger partial charge in [-0.05, 0) is 20.8 Å². The van der Waals surface area contributed by atoms with Crippen molar-refractivity contribution in [3.8, 4) is 0 Å². The molecule has 1 heterocycles. The van der Waals surface area contributed by atoms with E-state index in [-0.39, 0.29) is 11.6 Å². The van der Waals surface area contributed by atoms with Gasteiger partial charge in [-0.15, -0.1) is 0 Å². The highest BCUT2D eigenvalue weighted by molar-refractivity contribution is 5.75.